The van der Waals surface area contributed by atoms with Gasteiger partial charge < -0.3 is 14.2 Å². The van der Waals surface area contributed by atoms with Gasteiger partial charge in [0, 0.05) is 19.3 Å². The number of esters is 3. The Labute approximate surface area is 448 Å². The summed E-state index contributed by atoms with van der Waals surface area (Å²) in [7, 11) is 0. The molecule has 0 aromatic carbocycles. The molecule has 422 valence electrons. The minimum atomic E-state index is -0.775. The number of rotatable bonds is 59. The second-order valence-electron chi connectivity index (χ2n) is 21.7. The van der Waals surface area contributed by atoms with Gasteiger partial charge in [-0.1, -0.05) is 308 Å². The smallest absolute Gasteiger partial charge is 0.306 e. The maximum Gasteiger partial charge on any atom is 0.306 e. The molecular formula is C66H122O6. The third-order valence-corrected chi connectivity index (χ3v) is 14.4. The van der Waals surface area contributed by atoms with Gasteiger partial charge in [0.25, 0.3) is 0 Å². The van der Waals surface area contributed by atoms with E-state index >= 15 is 0 Å². The topological polar surface area (TPSA) is 78.9 Å². The van der Waals surface area contributed by atoms with Crippen molar-refractivity contribution in [3.63, 3.8) is 0 Å². The predicted octanol–water partition coefficient (Wildman–Crippen LogP) is 21.6. The molecule has 0 amide bonds. The van der Waals surface area contributed by atoms with E-state index in [9.17, 15) is 14.4 Å². The van der Waals surface area contributed by atoms with E-state index in [-0.39, 0.29) is 31.1 Å². The van der Waals surface area contributed by atoms with E-state index in [1.807, 2.05) is 0 Å². The Balaban J connectivity index is 4.15. The van der Waals surface area contributed by atoms with Crippen LogP contribution in [0.4, 0.5) is 0 Å². The van der Waals surface area contributed by atoms with Crippen molar-refractivity contribution >= 4 is 17.9 Å². The molecule has 0 aromatic heterocycles. The molecule has 0 spiro atoms. The molecule has 0 bridgehead atoms. The summed E-state index contributed by atoms with van der Waals surface area (Å²) in [5.41, 5.74) is 0. The van der Waals surface area contributed by atoms with Gasteiger partial charge in [-0.2, -0.15) is 0 Å². The zero-order valence-electron chi connectivity index (χ0n) is 48.5. The van der Waals surface area contributed by atoms with Crippen LogP contribution in [0.15, 0.2) is 36.5 Å². The number of hydrogen-bond donors (Lipinski definition) is 0. The molecule has 0 aliphatic heterocycles. The molecule has 0 fully saturated rings. The molecule has 0 rings (SSSR count). The molecule has 0 radical (unpaired) electrons. The van der Waals surface area contributed by atoms with Crippen molar-refractivity contribution in [2.45, 2.75) is 354 Å². The zero-order chi connectivity index (χ0) is 52.2. The van der Waals surface area contributed by atoms with Gasteiger partial charge in [-0.15, -0.1) is 0 Å². The Morgan fingerprint density at radius 1 is 0.278 bits per heavy atom. The van der Waals surface area contributed by atoms with Crippen LogP contribution < -0.4 is 0 Å². The minimum Gasteiger partial charge on any atom is -0.462 e. The number of allylic oxidation sites excluding steroid dienone is 6. The second-order valence-corrected chi connectivity index (χ2v) is 21.7. The largest absolute Gasteiger partial charge is 0.462 e. The molecule has 0 saturated carbocycles. The van der Waals surface area contributed by atoms with Gasteiger partial charge in [-0.25, -0.2) is 0 Å². The summed E-state index contributed by atoms with van der Waals surface area (Å²) in [4.78, 5) is 38.1. The van der Waals surface area contributed by atoms with Crippen LogP contribution in [0, 0.1) is 0 Å². The number of unbranched alkanes of at least 4 members (excludes halogenated alkanes) is 42. The first-order valence-corrected chi connectivity index (χ1v) is 32.0. The van der Waals surface area contributed by atoms with E-state index in [1.165, 1.54) is 231 Å². The fourth-order valence-electron chi connectivity index (χ4n) is 9.57. The molecule has 1 unspecified atom stereocenters. The highest BCUT2D eigenvalue weighted by Crippen LogP contribution is 2.18. The van der Waals surface area contributed by atoms with Gasteiger partial charge in [0.2, 0.25) is 0 Å². The zero-order valence-corrected chi connectivity index (χ0v) is 48.5. The molecule has 0 aliphatic rings. The molecule has 1 atom stereocenters. The van der Waals surface area contributed by atoms with E-state index in [4.69, 9.17) is 14.2 Å². The Kier molecular flexibility index (Phi) is 59.2. The van der Waals surface area contributed by atoms with Gasteiger partial charge in [-0.05, 0) is 57.8 Å². The van der Waals surface area contributed by atoms with Crippen LogP contribution in [0.2, 0.25) is 0 Å². The number of ether oxygens (including phenoxy) is 3. The summed E-state index contributed by atoms with van der Waals surface area (Å²) >= 11 is 0. The van der Waals surface area contributed by atoms with Crippen molar-refractivity contribution in [2.24, 2.45) is 0 Å². The van der Waals surface area contributed by atoms with Crippen molar-refractivity contribution in [1.82, 2.24) is 0 Å². The summed E-state index contributed by atoms with van der Waals surface area (Å²) in [6.45, 7) is 6.64. The highest BCUT2D eigenvalue weighted by atomic mass is 16.6. The summed E-state index contributed by atoms with van der Waals surface area (Å²) in [6.07, 6.45) is 74.5. The van der Waals surface area contributed by atoms with Crippen LogP contribution in [-0.4, -0.2) is 37.2 Å². The van der Waals surface area contributed by atoms with E-state index in [1.54, 1.807) is 0 Å². The monoisotopic (exact) mass is 1010 g/mol. The summed E-state index contributed by atoms with van der Waals surface area (Å²) in [6, 6.07) is 0. The SMILES string of the molecule is CCCCC/C=C\C/C=C\C/C=C\CCCCCCCCC(=O)OC(COC(=O)CCCCCCCCCCC)COC(=O)CCCCCCCCCCCCCCCCCCCCCCCCCCCC. The van der Waals surface area contributed by atoms with Crippen LogP contribution in [0.25, 0.3) is 0 Å². The fourth-order valence-corrected chi connectivity index (χ4v) is 9.57. The van der Waals surface area contributed by atoms with Crippen LogP contribution in [0.1, 0.15) is 348 Å². The quantitative estimate of drug-likeness (QED) is 0.0261. The maximum absolute atomic E-state index is 12.9. The fraction of sp³-hybridized carbons (Fsp3) is 0.864. The van der Waals surface area contributed by atoms with Gasteiger partial charge in [0.05, 0.1) is 0 Å². The van der Waals surface area contributed by atoms with E-state index in [0.29, 0.717) is 19.3 Å². The highest BCUT2D eigenvalue weighted by Gasteiger charge is 2.19. The molecule has 0 aliphatic carbocycles. The van der Waals surface area contributed by atoms with Crippen LogP contribution >= 0.6 is 0 Å². The van der Waals surface area contributed by atoms with Gasteiger partial charge >= 0.3 is 17.9 Å². The van der Waals surface area contributed by atoms with Gasteiger partial charge in [0.15, 0.2) is 6.10 Å². The highest BCUT2D eigenvalue weighted by molar-refractivity contribution is 5.71. The molecule has 6 heteroatoms. The Morgan fingerprint density at radius 3 is 0.806 bits per heavy atom. The van der Waals surface area contributed by atoms with Crippen LogP contribution in [-0.2, 0) is 28.6 Å². The lowest BCUT2D eigenvalue weighted by Crippen LogP contribution is -2.30. The van der Waals surface area contributed by atoms with Crippen molar-refractivity contribution in [3.05, 3.63) is 36.5 Å². The molecule has 6 nitrogen and oxygen atoms in total. The lowest BCUT2D eigenvalue weighted by atomic mass is 10.0. The van der Waals surface area contributed by atoms with Crippen molar-refractivity contribution in [1.29, 1.82) is 0 Å². The minimum absolute atomic E-state index is 0.0728. The number of carbonyl (C=O) groups is 3. The van der Waals surface area contributed by atoms with Crippen LogP contribution in [0.5, 0.6) is 0 Å². The second kappa shape index (κ2) is 61.2. The molecular weight excluding hydrogens is 889 g/mol. The number of hydrogen-bond acceptors (Lipinski definition) is 6. The molecule has 0 heterocycles. The molecule has 0 aromatic rings. The van der Waals surface area contributed by atoms with E-state index in [0.717, 1.165) is 77.0 Å². The Hall–Kier alpha value is -2.37. The third kappa shape index (κ3) is 58.5. The Morgan fingerprint density at radius 2 is 0.500 bits per heavy atom. The van der Waals surface area contributed by atoms with E-state index < -0.39 is 6.10 Å². The molecule has 72 heavy (non-hydrogen) atoms. The van der Waals surface area contributed by atoms with E-state index in [2.05, 4.69) is 57.2 Å². The molecule has 0 N–H and O–H groups in total. The average molecular weight is 1010 g/mol. The normalized spacial score (nSPS) is 12.2. The van der Waals surface area contributed by atoms with Crippen LogP contribution in [0.3, 0.4) is 0 Å². The van der Waals surface area contributed by atoms with Gasteiger partial charge in [-0.3, -0.25) is 14.4 Å². The summed E-state index contributed by atoms with van der Waals surface area (Å²) in [5, 5.41) is 0. The lowest BCUT2D eigenvalue weighted by Gasteiger charge is -2.18. The first-order chi connectivity index (χ1) is 35.5. The predicted molar refractivity (Wildman–Crippen MR) is 312 cm³/mol. The van der Waals surface area contributed by atoms with Crippen molar-refractivity contribution < 1.29 is 28.6 Å². The van der Waals surface area contributed by atoms with Crippen molar-refractivity contribution in [2.75, 3.05) is 13.2 Å². The summed E-state index contributed by atoms with van der Waals surface area (Å²) < 4.78 is 16.9. The standard InChI is InChI=1S/C66H122O6/c1-4-7-10-13-16-19-21-23-25-27-29-30-31-32-33-34-35-37-38-40-42-44-47-50-53-56-59-65(68)71-62-63(61-70-64(67)58-55-52-49-46-18-15-12-9-6-3)72-66(69)60-57-54-51-48-45-43-41-39-36-28-26-24-22-20-17-14-11-8-5-2/h17,20,24,26,36,39,63H,4-16,18-19,21-23,25,27-35,37-38,40-62H2,1-3H3/b20-17-,26-24-,39-36-. The number of carbonyl (C=O) groups excluding carboxylic acids is 3. The maximum atomic E-state index is 12.9. The van der Waals surface area contributed by atoms with Crippen molar-refractivity contribution in [3.8, 4) is 0 Å². The molecule has 0 saturated heterocycles. The first kappa shape index (κ1) is 69.6. The third-order valence-electron chi connectivity index (χ3n) is 14.4. The summed E-state index contributed by atoms with van der Waals surface area (Å²) in [5.74, 6) is -0.867. The first-order valence-electron chi connectivity index (χ1n) is 32.0. The Bertz CT molecular complexity index is 1210. The average Bonchev–Trinajstić information content (AvgIpc) is 3.38. The lowest BCUT2D eigenvalue weighted by molar-refractivity contribution is -0.167. The van der Waals surface area contributed by atoms with Gasteiger partial charge in [0.1, 0.15) is 13.2 Å².